The third-order valence-electron chi connectivity index (χ3n) is 6.05. The highest BCUT2D eigenvalue weighted by atomic mass is 14.2. The quantitative estimate of drug-likeness (QED) is 0.116. The van der Waals surface area contributed by atoms with E-state index in [0.717, 1.165) is 12.8 Å². The Balaban J connectivity index is 3.05. The molecule has 1 nitrogen and oxygen atoms in total. The van der Waals surface area contributed by atoms with E-state index in [1.807, 2.05) is 0 Å². The number of allylic oxidation sites excluding steroid dienone is 2. The first-order chi connectivity index (χ1) is 14.4. The molecule has 29 heavy (non-hydrogen) atoms. The van der Waals surface area contributed by atoms with Gasteiger partial charge in [-0.05, 0) is 32.1 Å². The predicted molar refractivity (Wildman–Crippen MR) is 131 cm³/mol. The van der Waals surface area contributed by atoms with Crippen LogP contribution in [0.15, 0.2) is 12.2 Å². The molecule has 0 aromatic heterocycles. The Bertz CT molecular complexity index is 352. The number of hydrogen-bond acceptors (Lipinski definition) is 1. The Labute approximate surface area is 184 Å². The minimum Gasteiger partial charge on any atom is -0.198 e. The zero-order chi connectivity index (χ0) is 21.1. The fourth-order valence-electron chi connectivity index (χ4n) is 4.04. The second-order valence-electron chi connectivity index (χ2n) is 9.03. The molecule has 0 aliphatic carbocycles. The van der Waals surface area contributed by atoms with E-state index in [1.54, 1.807) is 0 Å². The van der Waals surface area contributed by atoms with Crippen LogP contribution in [0.5, 0.6) is 0 Å². The summed E-state index contributed by atoms with van der Waals surface area (Å²) in [6, 6.07) is 2.22. The minimum absolute atomic E-state index is 0.731. The lowest BCUT2D eigenvalue weighted by Crippen LogP contribution is -1.83. The Kier molecular flexibility index (Phi) is 26.5. The molecule has 1 heteroatoms. The topological polar surface area (TPSA) is 23.8 Å². The van der Waals surface area contributed by atoms with Crippen LogP contribution in [-0.2, 0) is 0 Å². The summed E-state index contributed by atoms with van der Waals surface area (Å²) in [6.45, 7) is 2.30. The minimum atomic E-state index is 0.731. The van der Waals surface area contributed by atoms with Crippen molar-refractivity contribution in [3.05, 3.63) is 12.2 Å². The first-order valence-corrected chi connectivity index (χ1v) is 13.4. The van der Waals surface area contributed by atoms with E-state index in [2.05, 4.69) is 25.1 Å². The van der Waals surface area contributed by atoms with Crippen molar-refractivity contribution in [1.29, 1.82) is 5.26 Å². The van der Waals surface area contributed by atoms with Crippen molar-refractivity contribution in [1.82, 2.24) is 0 Å². The molecule has 0 aromatic carbocycles. The molecule has 0 aliphatic rings. The molecule has 0 atom stereocenters. The number of nitriles is 1. The van der Waals surface area contributed by atoms with Crippen LogP contribution >= 0.6 is 0 Å². The number of rotatable bonds is 24. The summed E-state index contributed by atoms with van der Waals surface area (Å²) in [6.07, 6.45) is 37.5. The zero-order valence-electron chi connectivity index (χ0n) is 20.1. The molecule has 0 heterocycles. The van der Waals surface area contributed by atoms with Crippen LogP contribution in [0, 0.1) is 11.3 Å². The van der Waals surface area contributed by atoms with Crippen molar-refractivity contribution in [2.75, 3.05) is 0 Å². The van der Waals surface area contributed by atoms with E-state index < -0.39 is 0 Å². The first kappa shape index (κ1) is 28.2. The van der Waals surface area contributed by atoms with E-state index >= 15 is 0 Å². The summed E-state index contributed by atoms with van der Waals surface area (Å²) in [4.78, 5) is 0. The van der Waals surface area contributed by atoms with E-state index in [-0.39, 0.29) is 0 Å². The van der Waals surface area contributed by atoms with Crippen molar-refractivity contribution in [3.63, 3.8) is 0 Å². The molecule has 0 N–H and O–H groups in total. The Hall–Kier alpha value is -0.770. The third kappa shape index (κ3) is 27.2. The fourth-order valence-corrected chi connectivity index (χ4v) is 4.04. The van der Waals surface area contributed by atoms with Crippen LogP contribution in [-0.4, -0.2) is 0 Å². The van der Waals surface area contributed by atoms with Crippen molar-refractivity contribution >= 4 is 0 Å². The summed E-state index contributed by atoms with van der Waals surface area (Å²) < 4.78 is 0. The van der Waals surface area contributed by atoms with E-state index in [1.165, 1.54) is 141 Å². The van der Waals surface area contributed by atoms with Crippen LogP contribution in [0.2, 0.25) is 0 Å². The molecule has 0 radical (unpaired) electrons. The van der Waals surface area contributed by atoms with Crippen molar-refractivity contribution in [2.45, 2.75) is 161 Å². The molecule has 0 aromatic rings. The number of unbranched alkanes of at least 4 members (excludes halogenated alkanes) is 22. The lowest BCUT2D eigenvalue weighted by atomic mass is 10.0. The highest BCUT2D eigenvalue weighted by molar-refractivity contribution is 4.81. The molecule has 0 spiro atoms. The summed E-state index contributed by atoms with van der Waals surface area (Å²) >= 11 is 0. The van der Waals surface area contributed by atoms with Crippen LogP contribution in [0.1, 0.15) is 161 Å². The fraction of sp³-hybridized carbons (Fsp3) is 0.893. The average Bonchev–Trinajstić information content (AvgIpc) is 2.74. The summed E-state index contributed by atoms with van der Waals surface area (Å²) in [5.41, 5.74) is 0. The maximum absolute atomic E-state index is 8.49. The smallest absolute Gasteiger partial charge is 0.0621 e. The summed E-state index contributed by atoms with van der Waals surface area (Å²) in [5.74, 6) is 0. The second kappa shape index (κ2) is 27.2. The highest BCUT2D eigenvalue weighted by Gasteiger charge is 1.94. The SMILES string of the molecule is CCCCCCCCCCCCCCCCCCC/C=C/CCCCCCC#N. The van der Waals surface area contributed by atoms with Gasteiger partial charge in [-0.3, -0.25) is 0 Å². The molecule has 170 valence electrons. The maximum Gasteiger partial charge on any atom is 0.0621 e. The normalized spacial score (nSPS) is 11.3. The van der Waals surface area contributed by atoms with E-state index in [4.69, 9.17) is 5.26 Å². The molecule has 0 aliphatic heterocycles. The molecule has 0 fully saturated rings. The zero-order valence-corrected chi connectivity index (χ0v) is 20.1. The van der Waals surface area contributed by atoms with Gasteiger partial charge in [0.25, 0.3) is 0 Å². The van der Waals surface area contributed by atoms with Gasteiger partial charge in [0.05, 0.1) is 6.07 Å². The highest BCUT2D eigenvalue weighted by Crippen LogP contribution is 2.14. The number of nitrogens with zero attached hydrogens (tertiary/aromatic N) is 1. The van der Waals surface area contributed by atoms with Crippen molar-refractivity contribution in [3.8, 4) is 6.07 Å². The Morgan fingerprint density at radius 3 is 1.10 bits per heavy atom. The molecule has 0 saturated carbocycles. The lowest BCUT2D eigenvalue weighted by molar-refractivity contribution is 0.527. The van der Waals surface area contributed by atoms with Gasteiger partial charge in [-0.1, -0.05) is 135 Å². The van der Waals surface area contributed by atoms with Gasteiger partial charge in [-0.2, -0.15) is 5.26 Å². The molecule has 0 unspecified atom stereocenters. The van der Waals surface area contributed by atoms with Crippen molar-refractivity contribution in [2.24, 2.45) is 0 Å². The second-order valence-corrected chi connectivity index (χ2v) is 9.03. The van der Waals surface area contributed by atoms with Crippen LogP contribution < -0.4 is 0 Å². The third-order valence-corrected chi connectivity index (χ3v) is 6.05. The molecule has 0 saturated heterocycles. The van der Waals surface area contributed by atoms with Gasteiger partial charge < -0.3 is 0 Å². The molecule has 0 bridgehead atoms. The molecule has 0 rings (SSSR count). The van der Waals surface area contributed by atoms with Gasteiger partial charge in [0.15, 0.2) is 0 Å². The molecular weight excluding hydrogens is 350 g/mol. The van der Waals surface area contributed by atoms with Gasteiger partial charge in [-0.15, -0.1) is 0 Å². The lowest BCUT2D eigenvalue weighted by Gasteiger charge is -2.03. The Morgan fingerprint density at radius 1 is 0.448 bits per heavy atom. The van der Waals surface area contributed by atoms with Crippen molar-refractivity contribution < 1.29 is 0 Å². The first-order valence-electron chi connectivity index (χ1n) is 13.4. The number of hydrogen-bond donors (Lipinski definition) is 0. The van der Waals surface area contributed by atoms with Crippen LogP contribution in [0.25, 0.3) is 0 Å². The van der Waals surface area contributed by atoms with Gasteiger partial charge in [0.1, 0.15) is 0 Å². The van der Waals surface area contributed by atoms with Gasteiger partial charge in [-0.25, -0.2) is 0 Å². The largest absolute Gasteiger partial charge is 0.198 e. The van der Waals surface area contributed by atoms with Gasteiger partial charge in [0.2, 0.25) is 0 Å². The van der Waals surface area contributed by atoms with Gasteiger partial charge in [0, 0.05) is 6.42 Å². The van der Waals surface area contributed by atoms with Crippen LogP contribution in [0.3, 0.4) is 0 Å². The average molecular weight is 404 g/mol. The van der Waals surface area contributed by atoms with Gasteiger partial charge >= 0.3 is 0 Å². The predicted octanol–water partition coefficient (Wildman–Crippen LogP) is 10.4. The van der Waals surface area contributed by atoms with E-state index in [9.17, 15) is 0 Å². The van der Waals surface area contributed by atoms with Crippen LogP contribution in [0.4, 0.5) is 0 Å². The Morgan fingerprint density at radius 2 is 0.759 bits per heavy atom. The molecular formula is C28H53N. The van der Waals surface area contributed by atoms with E-state index in [0.29, 0.717) is 0 Å². The molecule has 0 amide bonds. The maximum atomic E-state index is 8.49. The summed E-state index contributed by atoms with van der Waals surface area (Å²) in [5, 5.41) is 8.49. The summed E-state index contributed by atoms with van der Waals surface area (Å²) in [7, 11) is 0. The standard InChI is InChI=1S/C28H53N/c1-2-3-4-5-6-7-8-9-10-11-12-13-14-15-16-17-18-19-20-21-22-23-24-25-26-27-28-29/h20-21H,2-19,22-27H2,1H3/b21-20+. The monoisotopic (exact) mass is 403 g/mol.